The predicted octanol–water partition coefficient (Wildman–Crippen LogP) is 6.02. The number of anilines is 3. The Kier molecular flexibility index (Phi) is 4.68. The number of benzene rings is 4. The molecule has 0 amide bonds. The Morgan fingerprint density at radius 3 is 1.93 bits per heavy atom. The zero-order valence-electron chi connectivity index (χ0n) is 15.4. The molecule has 4 rings (SSSR count). The number of carboxylic acid groups (broad SMARTS) is 1. The number of carbonyl (C=O) groups is 1. The second-order valence-corrected chi connectivity index (χ2v) is 6.42. The van der Waals surface area contributed by atoms with Crippen LogP contribution in [0, 0.1) is 0 Å². The summed E-state index contributed by atoms with van der Waals surface area (Å²) in [5, 5.41) is 11.5. The Labute approximate surface area is 163 Å². The Morgan fingerprint density at radius 2 is 1.32 bits per heavy atom. The van der Waals surface area contributed by atoms with Crippen LogP contribution in [0.4, 0.5) is 17.1 Å². The van der Waals surface area contributed by atoms with E-state index in [-0.39, 0.29) is 5.56 Å². The van der Waals surface area contributed by atoms with Gasteiger partial charge in [-0.1, -0.05) is 30.3 Å². The maximum absolute atomic E-state index is 11.2. The molecule has 0 atom stereocenters. The second-order valence-electron chi connectivity index (χ2n) is 6.42. The van der Waals surface area contributed by atoms with Gasteiger partial charge in [0.25, 0.3) is 0 Å². The zero-order valence-corrected chi connectivity index (χ0v) is 15.4. The third-order valence-electron chi connectivity index (χ3n) is 4.69. The Balaban J connectivity index is 1.84. The van der Waals surface area contributed by atoms with E-state index in [2.05, 4.69) is 35.2 Å². The summed E-state index contributed by atoms with van der Waals surface area (Å²) in [6, 6.07) is 29.2. The number of nitrogens with zero attached hydrogens (tertiary/aromatic N) is 1. The van der Waals surface area contributed by atoms with Crippen LogP contribution in [0.2, 0.25) is 0 Å². The van der Waals surface area contributed by atoms with Gasteiger partial charge in [-0.3, -0.25) is 0 Å². The molecule has 0 aliphatic heterocycles. The number of hydrogen-bond acceptors (Lipinski definition) is 3. The van der Waals surface area contributed by atoms with E-state index in [4.69, 9.17) is 4.74 Å². The van der Waals surface area contributed by atoms with Gasteiger partial charge in [0.15, 0.2) is 0 Å². The quantitative estimate of drug-likeness (QED) is 0.467. The minimum absolute atomic E-state index is 0.261. The van der Waals surface area contributed by atoms with Crippen molar-refractivity contribution < 1.29 is 14.6 Å². The average Bonchev–Trinajstić information content (AvgIpc) is 2.75. The van der Waals surface area contributed by atoms with E-state index in [9.17, 15) is 9.90 Å². The van der Waals surface area contributed by atoms with Crippen LogP contribution in [0.3, 0.4) is 0 Å². The van der Waals surface area contributed by atoms with E-state index in [1.165, 1.54) is 5.39 Å². The smallest absolute Gasteiger partial charge is 0.335 e. The van der Waals surface area contributed by atoms with Crippen molar-refractivity contribution >= 4 is 33.8 Å². The molecule has 138 valence electrons. The van der Waals surface area contributed by atoms with Crippen LogP contribution in [0.5, 0.6) is 5.75 Å². The number of aromatic carboxylic acids is 1. The molecule has 0 saturated heterocycles. The first kappa shape index (κ1) is 17.6. The standard InChI is InChI=1S/C24H19NO3/c1-28-23-14-12-21(13-15-23)25(20-9-7-18(8-10-20)24(26)27)22-11-6-17-4-2-3-5-19(17)16-22/h2-16H,1H3,(H,26,27). The SMILES string of the molecule is COc1ccc(N(c2ccc(C(=O)O)cc2)c2ccc3ccccc3c2)cc1. The molecule has 0 unspecified atom stereocenters. The third kappa shape index (κ3) is 3.40. The molecular weight excluding hydrogens is 350 g/mol. The molecule has 0 saturated carbocycles. The first-order valence-corrected chi connectivity index (χ1v) is 8.92. The zero-order chi connectivity index (χ0) is 19.5. The van der Waals surface area contributed by atoms with Crippen molar-refractivity contribution in [1.82, 2.24) is 0 Å². The lowest BCUT2D eigenvalue weighted by Crippen LogP contribution is -2.10. The molecule has 0 bridgehead atoms. The third-order valence-corrected chi connectivity index (χ3v) is 4.69. The molecule has 28 heavy (non-hydrogen) atoms. The minimum Gasteiger partial charge on any atom is -0.497 e. The van der Waals surface area contributed by atoms with E-state index in [0.29, 0.717) is 0 Å². The van der Waals surface area contributed by atoms with E-state index in [1.54, 1.807) is 19.2 Å². The van der Waals surface area contributed by atoms with Crippen molar-refractivity contribution in [2.45, 2.75) is 0 Å². The van der Waals surface area contributed by atoms with Crippen LogP contribution < -0.4 is 9.64 Å². The van der Waals surface area contributed by atoms with Gasteiger partial charge in [-0.25, -0.2) is 4.79 Å². The number of rotatable bonds is 5. The maximum atomic E-state index is 11.2. The number of hydrogen-bond donors (Lipinski definition) is 1. The molecule has 0 aliphatic rings. The van der Waals surface area contributed by atoms with E-state index >= 15 is 0 Å². The monoisotopic (exact) mass is 369 g/mol. The van der Waals surface area contributed by atoms with Crippen molar-refractivity contribution in [2.24, 2.45) is 0 Å². The normalized spacial score (nSPS) is 10.6. The molecule has 4 heteroatoms. The van der Waals surface area contributed by atoms with Crippen molar-refractivity contribution in [2.75, 3.05) is 12.0 Å². The number of fused-ring (bicyclic) bond motifs is 1. The van der Waals surface area contributed by atoms with Crippen molar-refractivity contribution in [1.29, 1.82) is 0 Å². The van der Waals surface area contributed by atoms with Gasteiger partial charge in [0.05, 0.1) is 12.7 Å². The highest BCUT2D eigenvalue weighted by Gasteiger charge is 2.14. The summed E-state index contributed by atoms with van der Waals surface area (Å²) in [6.07, 6.45) is 0. The maximum Gasteiger partial charge on any atom is 0.335 e. The Morgan fingerprint density at radius 1 is 0.750 bits per heavy atom. The molecule has 0 radical (unpaired) electrons. The molecule has 0 aliphatic carbocycles. The fraction of sp³-hybridized carbons (Fsp3) is 0.0417. The molecule has 4 aromatic carbocycles. The summed E-state index contributed by atoms with van der Waals surface area (Å²) < 4.78 is 5.28. The largest absolute Gasteiger partial charge is 0.497 e. The van der Waals surface area contributed by atoms with Gasteiger partial charge >= 0.3 is 5.97 Å². The van der Waals surface area contributed by atoms with Gasteiger partial charge in [-0.05, 0) is 71.4 Å². The summed E-state index contributed by atoms with van der Waals surface area (Å²) >= 11 is 0. The summed E-state index contributed by atoms with van der Waals surface area (Å²) in [6.45, 7) is 0. The van der Waals surface area contributed by atoms with Crippen molar-refractivity contribution in [3.8, 4) is 5.75 Å². The predicted molar refractivity (Wildman–Crippen MR) is 112 cm³/mol. The van der Waals surface area contributed by atoms with Crippen LogP contribution in [0.25, 0.3) is 10.8 Å². The molecule has 1 N–H and O–H groups in total. The summed E-state index contributed by atoms with van der Waals surface area (Å²) in [7, 11) is 1.64. The molecule has 0 heterocycles. The van der Waals surface area contributed by atoms with Gasteiger partial charge in [0.2, 0.25) is 0 Å². The summed E-state index contributed by atoms with van der Waals surface area (Å²) in [4.78, 5) is 13.3. The van der Waals surface area contributed by atoms with Crippen LogP contribution in [0.15, 0.2) is 91.0 Å². The van der Waals surface area contributed by atoms with Gasteiger partial charge in [-0.2, -0.15) is 0 Å². The first-order valence-electron chi connectivity index (χ1n) is 8.92. The first-order chi connectivity index (χ1) is 13.7. The summed E-state index contributed by atoms with van der Waals surface area (Å²) in [5.41, 5.74) is 3.09. The number of ether oxygens (including phenoxy) is 1. The van der Waals surface area contributed by atoms with Crippen LogP contribution in [-0.4, -0.2) is 18.2 Å². The minimum atomic E-state index is -0.937. The Hall–Kier alpha value is -3.79. The Bertz CT molecular complexity index is 1120. The van der Waals surface area contributed by atoms with E-state index in [0.717, 1.165) is 28.2 Å². The highest BCUT2D eigenvalue weighted by Crippen LogP contribution is 2.36. The van der Waals surface area contributed by atoms with E-state index in [1.807, 2.05) is 48.5 Å². The molecular formula is C24H19NO3. The fourth-order valence-corrected chi connectivity index (χ4v) is 3.25. The molecule has 0 aromatic heterocycles. The molecule has 4 aromatic rings. The second kappa shape index (κ2) is 7.45. The van der Waals surface area contributed by atoms with Gasteiger partial charge in [-0.15, -0.1) is 0 Å². The summed E-state index contributed by atoms with van der Waals surface area (Å²) in [5.74, 6) is -0.156. The van der Waals surface area contributed by atoms with Crippen LogP contribution in [-0.2, 0) is 0 Å². The lowest BCUT2D eigenvalue weighted by atomic mass is 10.1. The van der Waals surface area contributed by atoms with Crippen molar-refractivity contribution in [3.05, 3.63) is 96.6 Å². The lowest BCUT2D eigenvalue weighted by molar-refractivity contribution is 0.0697. The van der Waals surface area contributed by atoms with E-state index < -0.39 is 5.97 Å². The van der Waals surface area contributed by atoms with Crippen molar-refractivity contribution in [3.63, 3.8) is 0 Å². The highest BCUT2D eigenvalue weighted by atomic mass is 16.5. The lowest BCUT2D eigenvalue weighted by Gasteiger charge is -2.26. The average molecular weight is 369 g/mol. The molecule has 4 nitrogen and oxygen atoms in total. The fourth-order valence-electron chi connectivity index (χ4n) is 3.25. The number of methoxy groups -OCH3 is 1. The molecule has 0 fully saturated rings. The van der Waals surface area contributed by atoms with Crippen LogP contribution in [0.1, 0.15) is 10.4 Å². The van der Waals surface area contributed by atoms with Gasteiger partial charge in [0, 0.05) is 17.1 Å². The highest BCUT2D eigenvalue weighted by molar-refractivity contribution is 5.91. The topological polar surface area (TPSA) is 49.8 Å². The van der Waals surface area contributed by atoms with Crippen LogP contribution >= 0.6 is 0 Å². The number of carboxylic acids is 1. The van der Waals surface area contributed by atoms with Gasteiger partial charge in [0.1, 0.15) is 5.75 Å². The van der Waals surface area contributed by atoms with Gasteiger partial charge < -0.3 is 14.7 Å². The molecule has 0 spiro atoms.